The van der Waals surface area contributed by atoms with Gasteiger partial charge in [0.2, 0.25) is 0 Å². The number of rotatable bonds is 2. The molecule has 0 aromatic rings. The predicted molar refractivity (Wildman–Crippen MR) is 55.6 cm³/mol. The third-order valence-electron chi connectivity index (χ3n) is 3.37. The van der Waals surface area contributed by atoms with Gasteiger partial charge >= 0.3 is 6.09 Å². The Kier molecular flexibility index (Phi) is 3.46. The predicted octanol–water partition coefficient (Wildman–Crippen LogP) is 1.52. The Hall–Kier alpha value is -0.770. The van der Waals surface area contributed by atoms with Crippen LogP contribution in [0.2, 0.25) is 0 Å². The van der Waals surface area contributed by atoms with Crippen molar-refractivity contribution in [1.82, 2.24) is 4.90 Å². The number of hydrogen-bond donors (Lipinski definition) is 1. The van der Waals surface area contributed by atoms with Crippen LogP contribution in [-0.2, 0) is 4.74 Å². The van der Waals surface area contributed by atoms with E-state index in [1.165, 1.54) is 25.7 Å². The Morgan fingerprint density at radius 1 is 1.27 bits per heavy atom. The second-order valence-corrected chi connectivity index (χ2v) is 4.49. The minimum absolute atomic E-state index is 0.0606. The number of carbonyl (C=O) groups is 1. The summed E-state index contributed by atoms with van der Waals surface area (Å²) in [4.78, 5) is 13.4. The molecule has 1 saturated carbocycles. The first-order valence-electron chi connectivity index (χ1n) is 5.89. The first-order chi connectivity index (χ1) is 7.31. The molecule has 0 bridgehead atoms. The van der Waals surface area contributed by atoms with Crippen molar-refractivity contribution in [2.75, 3.05) is 13.2 Å². The van der Waals surface area contributed by atoms with Crippen LogP contribution in [0.3, 0.4) is 0 Å². The van der Waals surface area contributed by atoms with Gasteiger partial charge in [-0.3, -0.25) is 0 Å². The molecule has 1 aliphatic carbocycles. The summed E-state index contributed by atoms with van der Waals surface area (Å²) >= 11 is 0. The molecule has 86 valence electrons. The van der Waals surface area contributed by atoms with Crippen LogP contribution >= 0.6 is 0 Å². The number of aliphatic hydroxyl groups is 1. The number of cyclic esters (lactones) is 1. The van der Waals surface area contributed by atoms with E-state index < -0.39 is 0 Å². The molecule has 2 fully saturated rings. The molecule has 1 amide bonds. The number of amides is 1. The summed E-state index contributed by atoms with van der Waals surface area (Å²) in [6.07, 6.45) is 6.62. The Bertz CT molecular complexity index is 224. The maximum absolute atomic E-state index is 11.5. The van der Waals surface area contributed by atoms with Crippen molar-refractivity contribution in [2.45, 2.75) is 50.7 Å². The van der Waals surface area contributed by atoms with Crippen molar-refractivity contribution >= 4 is 6.09 Å². The average Bonchev–Trinajstić information content (AvgIpc) is 2.48. The summed E-state index contributed by atoms with van der Waals surface area (Å²) in [7, 11) is 0. The fourth-order valence-electron chi connectivity index (χ4n) is 2.50. The van der Waals surface area contributed by atoms with Crippen molar-refractivity contribution in [3.05, 3.63) is 0 Å². The van der Waals surface area contributed by atoms with E-state index in [1.807, 2.05) is 4.90 Å². The molecule has 2 aliphatic rings. The summed E-state index contributed by atoms with van der Waals surface area (Å²) in [5.41, 5.74) is 0. The molecule has 0 aromatic heterocycles. The maximum Gasteiger partial charge on any atom is 0.410 e. The molecule has 15 heavy (non-hydrogen) atoms. The number of carbonyl (C=O) groups excluding carboxylic acids is 1. The molecule has 4 nitrogen and oxygen atoms in total. The standard InChI is InChI=1S/C11H19NO3/c13-8-10-7-12(11(14)15-10)9-5-3-1-2-4-6-9/h9-10,13H,1-8H2. The van der Waals surface area contributed by atoms with Crippen LogP contribution in [0.1, 0.15) is 38.5 Å². The van der Waals surface area contributed by atoms with Gasteiger partial charge in [-0.05, 0) is 12.8 Å². The number of aliphatic hydroxyl groups excluding tert-OH is 1. The normalized spacial score (nSPS) is 29.0. The first-order valence-corrected chi connectivity index (χ1v) is 5.89. The van der Waals surface area contributed by atoms with Gasteiger partial charge in [-0.25, -0.2) is 4.79 Å². The van der Waals surface area contributed by atoms with Crippen LogP contribution in [0.4, 0.5) is 4.79 Å². The van der Waals surface area contributed by atoms with Gasteiger partial charge < -0.3 is 14.7 Å². The molecule has 4 heteroatoms. The van der Waals surface area contributed by atoms with Crippen LogP contribution in [0.5, 0.6) is 0 Å². The summed E-state index contributed by atoms with van der Waals surface area (Å²) in [5, 5.41) is 8.95. The third-order valence-corrected chi connectivity index (χ3v) is 3.37. The molecule has 1 saturated heterocycles. The molecule has 1 aliphatic heterocycles. The lowest BCUT2D eigenvalue weighted by Crippen LogP contribution is -2.36. The van der Waals surface area contributed by atoms with Gasteiger partial charge in [-0.2, -0.15) is 0 Å². The topological polar surface area (TPSA) is 49.8 Å². The van der Waals surface area contributed by atoms with Crippen LogP contribution in [0.25, 0.3) is 0 Å². The third kappa shape index (κ3) is 2.43. The highest BCUT2D eigenvalue weighted by molar-refractivity contribution is 5.70. The lowest BCUT2D eigenvalue weighted by atomic mass is 10.1. The Morgan fingerprint density at radius 3 is 2.47 bits per heavy atom. The highest BCUT2D eigenvalue weighted by Gasteiger charge is 2.35. The second-order valence-electron chi connectivity index (χ2n) is 4.49. The van der Waals surface area contributed by atoms with Crippen molar-refractivity contribution in [3.63, 3.8) is 0 Å². The van der Waals surface area contributed by atoms with Crippen molar-refractivity contribution in [3.8, 4) is 0 Å². The number of hydrogen-bond acceptors (Lipinski definition) is 3. The van der Waals surface area contributed by atoms with Crippen molar-refractivity contribution < 1.29 is 14.6 Å². The largest absolute Gasteiger partial charge is 0.442 e. The summed E-state index contributed by atoms with van der Waals surface area (Å²) in [6, 6.07) is 0.344. The Labute approximate surface area is 90.2 Å². The summed E-state index contributed by atoms with van der Waals surface area (Å²) < 4.78 is 5.05. The number of nitrogens with zero attached hydrogens (tertiary/aromatic N) is 1. The lowest BCUT2D eigenvalue weighted by Gasteiger charge is -2.24. The SMILES string of the molecule is O=C1OC(CO)CN1C1CCCCCC1. The quantitative estimate of drug-likeness (QED) is 0.707. The molecule has 1 heterocycles. The average molecular weight is 213 g/mol. The van der Waals surface area contributed by atoms with Gasteiger partial charge in [0.15, 0.2) is 0 Å². The van der Waals surface area contributed by atoms with E-state index in [0.717, 1.165) is 12.8 Å². The van der Waals surface area contributed by atoms with E-state index in [4.69, 9.17) is 9.84 Å². The van der Waals surface area contributed by atoms with E-state index in [9.17, 15) is 4.79 Å². The monoisotopic (exact) mass is 213 g/mol. The zero-order valence-corrected chi connectivity index (χ0v) is 9.02. The van der Waals surface area contributed by atoms with Crippen LogP contribution in [0, 0.1) is 0 Å². The van der Waals surface area contributed by atoms with Crippen molar-refractivity contribution in [1.29, 1.82) is 0 Å². The van der Waals surface area contributed by atoms with Crippen LogP contribution in [-0.4, -0.2) is 41.4 Å². The van der Waals surface area contributed by atoms with Gasteiger partial charge in [-0.15, -0.1) is 0 Å². The van der Waals surface area contributed by atoms with E-state index in [-0.39, 0.29) is 18.8 Å². The molecular weight excluding hydrogens is 194 g/mol. The van der Waals surface area contributed by atoms with Crippen LogP contribution in [0.15, 0.2) is 0 Å². The maximum atomic E-state index is 11.5. The summed E-state index contributed by atoms with van der Waals surface area (Å²) in [5.74, 6) is 0. The van der Waals surface area contributed by atoms with E-state index >= 15 is 0 Å². The van der Waals surface area contributed by atoms with Gasteiger partial charge in [0.1, 0.15) is 6.10 Å². The molecule has 1 unspecified atom stereocenters. The van der Waals surface area contributed by atoms with Crippen LogP contribution < -0.4 is 0 Å². The highest BCUT2D eigenvalue weighted by Crippen LogP contribution is 2.25. The molecule has 0 aromatic carbocycles. The lowest BCUT2D eigenvalue weighted by molar-refractivity contribution is 0.0938. The van der Waals surface area contributed by atoms with Crippen molar-refractivity contribution in [2.24, 2.45) is 0 Å². The first kappa shape index (κ1) is 10.7. The minimum Gasteiger partial charge on any atom is -0.442 e. The molecule has 2 rings (SSSR count). The molecule has 0 spiro atoms. The summed E-state index contributed by atoms with van der Waals surface area (Å²) in [6.45, 7) is 0.509. The second kappa shape index (κ2) is 4.84. The fraction of sp³-hybridized carbons (Fsp3) is 0.909. The highest BCUT2D eigenvalue weighted by atomic mass is 16.6. The van der Waals surface area contributed by atoms with Gasteiger partial charge in [0.25, 0.3) is 0 Å². The van der Waals surface area contributed by atoms with E-state index in [2.05, 4.69) is 0 Å². The zero-order valence-electron chi connectivity index (χ0n) is 9.02. The van der Waals surface area contributed by atoms with Gasteiger partial charge in [0.05, 0.1) is 13.2 Å². The molecule has 0 radical (unpaired) electrons. The van der Waals surface area contributed by atoms with Gasteiger partial charge in [-0.1, -0.05) is 25.7 Å². The Balaban J connectivity index is 1.94. The minimum atomic E-state index is -0.305. The molecular formula is C11H19NO3. The Morgan fingerprint density at radius 2 is 1.93 bits per heavy atom. The smallest absolute Gasteiger partial charge is 0.410 e. The van der Waals surface area contributed by atoms with Gasteiger partial charge in [0, 0.05) is 6.04 Å². The number of ether oxygens (including phenoxy) is 1. The fourth-order valence-corrected chi connectivity index (χ4v) is 2.50. The van der Waals surface area contributed by atoms with E-state index in [1.54, 1.807) is 0 Å². The molecule has 1 atom stereocenters. The molecule has 1 N–H and O–H groups in total. The zero-order chi connectivity index (χ0) is 10.7. The van der Waals surface area contributed by atoms with E-state index in [0.29, 0.717) is 12.6 Å².